The minimum absolute atomic E-state index is 0.0438. The van der Waals surface area contributed by atoms with E-state index in [1.807, 2.05) is 13.1 Å². The van der Waals surface area contributed by atoms with Crippen molar-refractivity contribution in [2.24, 2.45) is 5.41 Å². The third kappa shape index (κ3) is 3.09. The first-order valence-corrected chi connectivity index (χ1v) is 8.84. The van der Waals surface area contributed by atoms with E-state index in [-0.39, 0.29) is 17.4 Å². The zero-order valence-electron chi connectivity index (χ0n) is 12.9. The predicted octanol–water partition coefficient (Wildman–Crippen LogP) is 3.37. The fourth-order valence-corrected chi connectivity index (χ4v) is 4.54. The molecule has 1 aromatic heterocycles. The van der Waals surface area contributed by atoms with Gasteiger partial charge in [-0.05, 0) is 25.7 Å². The molecule has 2 N–H and O–H groups in total. The number of thiazole rings is 1. The van der Waals surface area contributed by atoms with Gasteiger partial charge < -0.3 is 10.6 Å². The largest absolute Gasteiger partial charge is 0.321 e. The summed E-state index contributed by atoms with van der Waals surface area (Å²) in [6, 6.07) is 0.139. The molecule has 0 atom stereocenters. The molecule has 5 nitrogen and oxygen atoms in total. The molecular weight excluding hydrogens is 296 g/mol. The zero-order chi connectivity index (χ0) is 15.6. The summed E-state index contributed by atoms with van der Waals surface area (Å²) in [6.45, 7) is 1.96. The van der Waals surface area contributed by atoms with Gasteiger partial charge in [0.15, 0.2) is 6.19 Å². The number of carbonyl (C=O) groups excluding carboxylic acids is 1. The third-order valence-corrected chi connectivity index (χ3v) is 6.00. The molecule has 1 aromatic rings. The molecule has 2 fully saturated rings. The molecule has 2 aliphatic carbocycles. The number of nitriles is 1. The maximum atomic E-state index is 12.4. The van der Waals surface area contributed by atoms with Crippen molar-refractivity contribution in [1.82, 2.24) is 10.3 Å². The second kappa shape index (κ2) is 6.25. The summed E-state index contributed by atoms with van der Waals surface area (Å²) in [4.78, 5) is 16.9. The van der Waals surface area contributed by atoms with Gasteiger partial charge in [0.25, 0.3) is 0 Å². The van der Waals surface area contributed by atoms with Crippen molar-refractivity contribution in [1.29, 1.82) is 5.26 Å². The van der Waals surface area contributed by atoms with E-state index in [0.717, 1.165) is 10.0 Å². The van der Waals surface area contributed by atoms with Crippen LogP contribution >= 0.6 is 11.3 Å². The maximum Gasteiger partial charge on any atom is 0.231 e. The van der Waals surface area contributed by atoms with E-state index < -0.39 is 0 Å². The van der Waals surface area contributed by atoms with Gasteiger partial charge in [-0.2, -0.15) is 5.26 Å². The fourth-order valence-electron chi connectivity index (χ4n) is 3.55. The Balaban J connectivity index is 1.56. The Morgan fingerprint density at radius 1 is 1.41 bits per heavy atom. The second-order valence-corrected chi connectivity index (χ2v) is 7.84. The highest BCUT2D eigenvalue weighted by Gasteiger charge is 2.46. The van der Waals surface area contributed by atoms with Gasteiger partial charge in [0.05, 0.1) is 16.6 Å². The smallest absolute Gasteiger partial charge is 0.231 e. The number of amides is 1. The number of aromatic nitrogens is 1. The average molecular weight is 318 g/mol. The molecule has 6 heteroatoms. The van der Waals surface area contributed by atoms with Gasteiger partial charge in [-0.15, -0.1) is 11.3 Å². The monoisotopic (exact) mass is 318 g/mol. The predicted molar refractivity (Wildman–Crippen MR) is 86.4 cm³/mol. The first kappa shape index (κ1) is 15.3. The molecule has 1 heterocycles. The lowest BCUT2D eigenvalue weighted by Crippen LogP contribution is -2.51. The highest BCUT2D eigenvalue weighted by molar-refractivity contribution is 7.15. The molecule has 3 rings (SSSR count). The zero-order valence-corrected chi connectivity index (χ0v) is 13.7. The Hall–Kier alpha value is -1.61. The van der Waals surface area contributed by atoms with E-state index in [2.05, 4.69) is 15.6 Å². The van der Waals surface area contributed by atoms with Crippen LogP contribution in [0.25, 0.3) is 0 Å². The number of hydrogen-bond donors (Lipinski definition) is 2. The van der Waals surface area contributed by atoms with E-state index >= 15 is 0 Å². The molecule has 0 radical (unpaired) electrons. The summed E-state index contributed by atoms with van der Waals surface area (Å²) in [7, 11) is 0. The Kier molecular flexibility index (Phi) is 4.34. The first-order chi connectivity index (χ1) is 10.6. The van der Waals surface area contributed by atoms with E-state index in [1.54, 1.807) is 17.5 Å². The van der Waals surface area contributed by atoms with Crippen molar-refractivity contribution in [3.8, 4) is 6.19 Å². The van der Waals surface area contributed by atoms with E-state index in [4.69, 9.17) is 5.26 Å². The first-order valence-electron chi connectivity index (χ1n) is 8.02. The van der Waals surface area contributed by atoms with Crippen LogP contribution in [0.15, 0.2) is 6.20 Å². The summed E-state index contributed by atoms with van der Waals surface area (Å²) >= 11 is 1.62. The van der Waals surface area contributed by atoms with Crippen molar-refractivity contribution in [3.63, 3.8) is 0 Å². The number of nitrogens with one attached hydrogen (secondary N) is 2. The lowest BCUT2D eigenvalue weighted by atomic mass is 9.66. The molecule has 0 aliphatic heterocycles. The van der Waals surface area contributed by atoms with Crippen LogP contribution < -0.4 is 10.6 Å². The molecule has 118 valence electrons. The van der Waals surface area contributed by atoms with Crippen molar-refractivity contribution >= 4 is 22.2 Å². The highest BCUT2D eigenvalue weighted by atomic mass is 32.1. The molecule has 1 amide bonds. The SMILES string of the molecule is CC1(C(=O)Nc2cnc(C3CCCCC3)s2)CC(NC#N)C1. The van der Waals surface area contributed by atoms with Crippen molar-refractivity contribution in [2.45, 2.75) is 63.8 Å². The lowest BCUT2D eigenvalue weighted by molar-refractivity contribution is -0.130. The van der Waals surface area contributed by atoms with Gasteiger partial charge in [-0.1, -0.05) is 26.2 Å². The maximum absolute atomic E-state index is 12.4. The van der Waals surface area contributed by atoms with E-state index in [9.17, 15) is 4.79 Å². The standard InChI is InChI=1S/C16H22N4OS/c1-16(7-12(8-16)19-10-17)15(21)20-13-9-18-14(22-13)11-5-3-2-4-6-11/h9,11-12,19H,2-8H2,1H3,(H,20,21). The van der Waals surface area contributed by atoms with Crippen LogP contribution in [0.5, 0.6) is 0 Å². The van der Waals surface area contributed by atoms with Gasteiger partial charge in [0.1, 0.15) is 5.00 Å². The van der Waals surface area contributed by atoms with Gasteiger partial charge in [0, 0.05) is 12.0 Å². The molecule has 0 bridgehead atoms. The van der Waals surface area contributed by atoms with Crippen molar-refractivity contribution in [2.75, 3.05) is 5.32 Å². The summed E-state index contributed by atoms with van der Waals surface area (Å²) in [5, 5.41) is 16.4. The van der Waals surface area contributed by atoms with E-state index in [1.165, 1.54) is 32.1 Å². The number of nitrogens with zero attached hydrogens (tertiary/aromatic N) is 2. The van der Waals surface area contributed by atoms with Crippen LogP contribution in [0.4, 0.5) is 5.00 Å². The van der Waals surface area contributed by atoms with E-state index in [0.29, 0.717) is 18.8 Å². The summed E-state index contributed by atoms with van der Waals surface area (Å²) in [5.41, 5.74) is -0.372. The fraction of sp³-hybridized carbons (Fsp3) is 0.688. The van der Waals surface area contributed by atoms with Crippen LogP contribution in [0.1, 0.15) is 62.8 Å². The summed E-state index contributed by atoms with van der Waals surface area (Å²) < 4.78 is 0. The van der Waals surface area contributed by atoms with Crippen LogP contribution in [-0.4, -0.2) is 16.9 Å². The highest BCUT2D eigenvalue weighted by Crippen LogP contribution is 2.42. The van der Waals surface area contributed by atoms with Crippen LogP contribution in [0, 0.1) is 16.9 Å². The minimum atomic E-state index is -0.372. The topological polar surface area (TPSA) is 77.8 Å². The second-order valence-electron chi connectivity index (χ2n) is 6.77. The van der Waals surface area contributed by atoms with Crippen molar-refractivity contribution < 1.29 is 4.79 Å². The molecule has 0 saturated heterocycles. The lowest BCUT2D eigenvalue weighted by Gasteiger charge is -2.42. The molecule has 2 saturated carbocycles. The molecular formula is C16H22N4OS. The average Bonchev–Trinajstić information content (AvgIpc) is 2.95. The molecule has 22 heavy (non-hydrogen) atoms. The van der Waals surface area contributed by atoms with Crippen LogP contribution in [0.2, 0.25) is 0 Å². The quantitative estimate of drug-likeness (QED) is 0.659. The molecule has 0 aromatic carbocycles. The minimum Gasteiger partial charge on any atom is -0.321 e. The summed E-state index contributed by atoms with van der Waals surface area (Å²) in [6.07, 6.45) is 11.5. The van der Waals surface area contributed by atoms with Gasteiger partial charge in [-0.3, -0.25) is 4.79 Å². The number of rotatable bonds is 4. The Labute approximate surface area is 135 Å². The Morgan fingerprint density at radius 2 is 2.14 bits per heavy atom. The Morgan fingerprint density at radius 3 is 2.82 bits per heavy atom. The Bertz CT molecular complexity index is 579. The van der Waals surface area contributed by atoms with Gasteiger partial charge in [0.2, 0.25) is 5.91 Å². The van der Waals surface area contributed by atoms with Gasteiger partial charge >= 0.3 is 0 Å². The molecule has 2 aliphatic rings. The van der Waals surface area contributed by atoms with Gasteiger partial charge in [-0.25, -0.2) is 4.98 Å². The molecule has 0 spiro atoms. The summed E-state index contributed by atoms with van der Waals surface area (Å²) in [5.74, 6) is 0.621. The normalized spacial score (nSPS) is 28.5. The van der Waals surface area contributed by atoms with Crippen molar-refractivity contribution in [3.05, 3.63) is 11.2 Å². The van der Waals surface area contributed by atoms with Crippen LogP contribution in [-0.2, 0) is 4.79 Å². The number of carbonyl (C=O) groups is 1. The van der Waals surface area contributed by atoms with Crippen LogP contribution in [0.3, 0.4) is 0 Å². The number of anilines is 1. The number of hydrogen-bond acceptors (Lipinski definition) is 5. The molecule has 0 unspecified atom stereocenters. The third-order valence-electron chi connectivity index (χ3n) is 4.93.